The number of aromatic amines is 1. The highest BCUT2D eigenvalue weighted by Gasteiger charge is 2.16. The third-order valence-corrected chi connectivity index (χ3v) is 2.69. The number of hydrogen-bond acceptors (Lipinski definition) is 1. The van der Waals surface area contributed by atoms with Gasteiger partial charge in [0, 0.05) is 6.07 Å². The highest BCUT2D eigenvalue weighted by Crippen LogP contribution is 2.26. The predicted octanol–water partition coefficient (Wildman–Crippen LogP) is 2.58. The molecular weight excluding hydrogens is 296 g/mol. The van der Waals surface area contributed by atoms with E-state index in [0.29, 0.717) is 6.07 Å². The molecule has 1 aromatic carbocycles. The van der Waals surface area contributed by atoms with Crippen LogP contribution in [-0.2, 0) is 0 Å². The molecule has 2 nitrogen and oxygen atoms in total. The lowest BCUT2D eigenvalue weighted by atomic mass is 10.2. The third-order valence-electron chi connectivity index (χ3n) is 1.63. The number of H-pyrrole nitrogens is 1. The second-order valence-corrected chi connectivity index (χ2v) is 3.49. The summed E-state index contributed by atoms with van der Waals surface area (Å²) < 4.78 is 38.8. The molecule has 6 heteroatoms. The molecule has 0 amide bonds. The lowest BCUT2D eigenvalue weighted by Gasteiger charge is -1.96. The Morgan fingerprint density at radius 3 is 2.62 bits per heavy atom. The molecule has 0 unspecified atom stereocenters. The fourth-order valence-corrected chi connectivity index (χ4v) is 1.70. The highest BCUT2D eigenvalue weighted by molar-refractivity contribution is 14.1. The van der Waals surface area contributed by atoms with Gasteiger partial charge in [-0.15, -0.1) is 0 Å². The standard InChI is InChI=1S/C7H2F3IN2/c8-2-1-3(9)6-4(5(2)11)7(10)13-12-6/h1H,(H,12,13). The van der Waals surface area contributed by atoms with Crippen molar-refractivity contribution in [3.05, 3.63) is 27.2 Å². The van der Waals surface area contributed by atoms with Gasteiger partial charge in [0.05, 0.1) is 8.96 Å². The number of hydrogen-bond donors (Lipinski definition) is 1. The number of nitrogens with zero attached hydrogens (tertiary/aromatic N) is 1. The summed E-state index contributed by atoms with van der Waals surface area (Å²) in [6.07, 6.45) is 0. The van der Waals surface area contributed by atoms with E-state index in [2.05, 4.69) is 5.10 Å². The van der Waals surface area contributed by atoms with E-state index >= 15 is 0 Å². The Hall–Kier alpha value is -0.790. The van der Waals surface area contributed by atoms with Crippen LogP contribution in [0.1, 0.15) is 0 Å². The van der Waals surface area contributed by atoms with Crippen LogP contribution in [0, 0.1) is 21.2 Å². The van der Waals surface area contributed by atoms with Gasteiger partial charge in [0.15, 0.2) is 5.82 Å². The molecule has 68 valence electrons. The first kappa shape index (κ1) is 8.79. The van der Waals surface area contributed by atoms with Crippen molar-refractivity contribution < 1.29 is 13.2 Å². The minimum Gasteiger partial charge on any atom is -0.252 e. The van der Waals surface area contributed by atoms with Gasteiger partial charge in [-0.05, 0) is 22.6 Å². The molecule has 1 aromatic heterocycles. The van der Waals surface area contributed by atoms with E-state index in [0.717, 1.165) is 0 Å². The largest absolute Gasteiger partial charge is 0.252 e. The zero-order valence-corrected chi connectivity index (χ0v) is 8.19. The SMILES string of the molecule is Fc1cc(F)c2n[nH]c(F)c2c1I. The predicted molar refractivity (Wildman–Crippen MR) is 48.7 cm³/mol. The van der Waals surface area contributed by atoms with Crippen molar-refractivity contribution in [2.45, 2.75) is 0 Å². The van der Waals surface area contributed by atoms with E-state index in [1.807, 2.05) is 5.10 Å². The Morgan fingerprint density at radius 2 is 1.92 bits per heavy atom. The molecule has 0 aliphatic heterocycles. The highest BCUT2D eigenvalue weighted by atomic mass is 127. The van der Waals surface area contributed by atoms with Gasteiger partial charge in [0.1, 0.15) is 11.3 Å². The van der Waals surface area contributed by atoms with Gasteiger partial charge >= 0.3 is 0 Å². The molecule has 2 aromatic rings. The average molecular weight is 298 g/mol. The second kappa shape index (κ2) is 2.86. The van der Waals surface area contributed by atoms with E-state index < -0.39 is 17.6 Å². The van der Waals surface area contributed by atoms with Crippen molar-refractivity contribution in [3.8, 4) is 0 Å². The van der Waals surface area contributed by atoms with Crippen molar-refractivity contribution in [3.63, 3.8) is 0 Å². The van der Waals surface area contributed by atoms with Gasteiger partial charge in [-0.3, -0.25) is 5.10 Å². The summed E-state index contributed by atoms with van der Waals surface area (Å²) in [5.74, 6) is -2.48. The van der Waals surface area contributed by atoms with Crippen molar-refractivity contribution in [2.24, 2.45) is 0 Å². The number of nitrogens with one attached hydrogen (secondary N) is 1. The quantitative estimate of drug-likeness (QED) is 0.588. The number of halogens is 4. The van der Waals surface area contributed by atoms with E-state index in [-0.39, 0.29) is 14.5 Å². The fraction of sp³-hybridized carbons (Fsp3) is 0. The van der Waals surface area contributed by atoms with Crippen LogP contribution in [-0.4, -0.2) is 10.2 Å². The third kappa shape index (κ3) is 1.19. The number of rotatable bonds is 0. The van der Waals surface area contributed by atoms with Crippen molar-refractivity contribution in [1.82, 2.24) is 10.2 Å². The van der Waals surface area contributed by atoms with Gasteiger partial charge in [-0.25, -0.2) is 8.78 Å². The summed E-state index contributed by atoms with van der Waals surface area (Å²) in [6.45, 7) is 0. The van der Waals surface area contributed by atoms with Crippen molar-refractivity contribution in [1.29, 1.82) is 0 Å². The van der Waals surface area contributed by atoms with E-state index in [9.17, 15) is 13.2 Å². The van der Waals surface area contributed by atoms with Crippen LogP contribution < -0.4 is 0 Å². The molecule has 1 N–H and O–H groups in total. The first-order chi connectivity index (χ1) is 6.11. The average Bonchev–Trinajstić information content (AvgIpc) is 2.44. The lowest BCUT2D eigenvalue weighted by molar-refractivity contribution is 0.580. The molecule has 0 atom stereocenters. The summed E-state index contributed by atoms with van der Waals surface area (Å²) in [5, 5.41) is 5.19. The molecule has 0 saturated carbocycles. The summed E-state index contributed by atoms with van der Waals surface area (Å²) in [6, 6.07) is 0.685. The first-order valence-electron chi connectivity index (χ1n) is 3.28. The van der Waals surface area contributed by atoms with Crippen LogP contribution >= 0.6 is 22.6 Å². The number of fused-ring (bicyclic) bond motifs is 1. The Balaban J connectivity index is 3.00. The molecule has 0 fully saturated rings. The normalized spacial score (nSPS) is 11.1. The van der Waals surface area contributed by atoms with Gasteiger partial charge in [0.2, 0.25) is 5.95 Å². The van der Waals surface area contributed by atoms with Crippen molar-refractivity contribution >= 4 is 33.5 Å². The van der Waals surface area contributed by atoms with Crippen LogP contribution in [0.3, 0.4) is 0 Å². The molecule has 0 bridgehead atoms. The summed E-state index contributed by atoms with van der Waals surface area (Å²) in [4.78, 5) is 0. The van der Waals surface area contributed by atoms with Crippen LogP contribution in [0.5, 0.6) is 0 Å². The summed E-state index contributed by atoms with van der Waals surface area (Å²) in [7, 11) is 0. The van der Waals surface area contributed by atoms with Crippen LogP contribution in [0.25, 0.3) is 10.9 Å². The maximum Gasteiger partial charge on any atom is 0.218 e. The maximum absolute atomic E-state index is 12.9. The molecular formula is C7H2F3IN2. The van der Waals surface area contributed by atoms with Gasteiger partial charge in [0.25, 0.3) is 0 Å². The molecule has 2 rings (SSSR count). The van der Waals surface area contributed by atoms with Crippen LogP contribution in [0.2, 0.25) is 0 Å². The zero-order valence-electron chi connectivity index (χ0n) is 6.04. The maximum atomic E-state index is 12.9. The number of benzene rings is 1. The Labute approximate surface area is 84.3 Å². The van der Waals surface area contributed by atoms with E-state index in [1.165, 1.54) is 0 Å². The second-order valence-electron chi connectivity index (χ2n) is 2.42. The zero-order chi connectivity index (χ0) is 9.59. The molecule has 1 heterocycles. The summed E-state index contributed by atoms with van der Waals surface area (Å²) in [5.41, 5.74) is -0.177. The molecule has 0 aliphatic rings. The number of aromatic nitrogens is 2. The molecule has 0 saturated heterocycles. The van der Waals surface area contributed by atoms with Gasteiger partial charge in [-0.2, -0.15) is 9.49 Å². The Bertz CT molecular complexity index is 480. The monoisotopic (exact) mass is 298 g/mol. The lowest BCUT2D eigenvalue weighted by Crippen LogP contribution is -1.88. The minimum absolute atomic E-state index is 0.0280. The fourth-order valence-electron chi connectivity index (χ4n) is 1.06. The molecule has 13 heavy (non-hydrogen) atoms. The van der Waals surface area contributed by atoms with Crippen molar-refractivity contribution in [2.75, 3.05) is 0 Å². The van der Waals surface area contributed by atoms with E-state index in [4.69, 9.17) is 0 Å². The topological polar surface area (TPSA) is 28.7 Å². The van der Waals surface area contributed by atoms with Gasteiger partial charge < -0.3 is 0 Å². The van der Waals surface area contributed by atoms with E-state index in [1.54, 1.807) is 22.6 Å². The van der Waals surface area contributed by atoms with Gasteiger partial charge in [-0.1, -0.05) is 0 Å². The molecule has 0 radical (unpaired) electrons. The first-order valence-corrected chi connectivity index (χ1v) is 4.36. The summed E-state index contributed by atoms with van der Waals surface area (Å²) >= 11 is 1.60. The smallest absolute Gasteiger partial charge is 0.218 e. The molecule has 0 spiro atoms. The minimum atomic E-state index is -0.868. The Morgan fingerprint density at radius 1 is 1.23 bits per heavy atom. The van der Waals surface area contributed by atoms with Crippen LogP contribution in [0.15, 0.2) is 6.07 Å². The Kier molecular flexibility index (Phi) is 1.94. The molecule has 0 aliphatic carbocycles. The van der Waals surface area contributed by atoms with Crippen LogP contribution in [0.4, 0.5) is 13.2 Å².